The van der Waals surface area contributed by atoms with Crippen LogP contribution in [0.1, 0.15) is 17.2 Å². The predicted octanol–water partition coefficient (Wildman–Crippen LogP) is 15.6. The van der Waals surface area contributed by atoms with Crippen molar-refractivity contribution in [1.82, 2.24) is 4.57 Å². The molecule has 2 atom stereocenters. The van der Waals surface area contributed by atoms with E-state index in [0.717, 1.165) is 17.1 Å². The number of benzene rings is 8. The van der Waals surface area contributed by atoms with Gasteiger partial charge < -0.3 is 9.47 Å². The van der Waals surface area contributed by atoms with Crippen LogP contribution in [0.2, 0.25) is 0 Å². The number of anilines is 3. The molecule has 2 unspecified atom stereocenters. The van der Waals surface area contributed by atoms with E-state index in [4.69, 9.17) is 0 Å². The third-order valence-electron chi connectivity index (χ3n) is 12.1. The maximum atomic E-state index is 2.51. The SMILES string of the molecule is C1=CC2C=Cc3c(n(-c4cccc(-c5ccc(N(c6ccccc6)c6ccc(-c7cccc(-c8ccccc8)c7)cc6)cc5-c5ccccc5)c4)c4ccccc34)C2C=C1. The summed E-state index contributed by atoms with van der Waals surface area (Å²) in [6, 6.07) is 74.8. The summed E-state index contributed by atoms with van der Waals surface area (Å²) in [5.74, 6) is 0.628. The van der Waals surface area contributed by atoms with Gasteiger partial charge in [0.05, 0.1) is 5.52 Å². The molecule has 60 heavy (non-hydrogen) atoms. The summed E-state index contributed by atoms with van der Waals surface area (Å²) in [7, 11) is 0. The van der Waals surface area contributed by atoms with Crippen molar-refractivity contribution in [1.29, 1.82) is 0 Å². The normalized spacial score (nSPS) is 15.1. The van der Waals surface area contributed by atoms with Gasteiger partial charge in [-0.05, 0) is 105 Å². The van der Waals surface area contributed by atoms with E-state index in [-0.39, 0.29) is 5.92 Å². The van der Waals surface area contributed by atoms with Crippen molar-refractivity contribution in [2.45, 2.75) is 5.92 Å². The molecule has 2 aliphatic carbocycles. The molecule has 2 aliphatic rings. The average molecular weight is 767 g/mol. The van der Waals surface area contributed by atoms with Gasteiger partial charge in [-0.1, -0.05) is 182 Å². The van der Waals surface area contributed by atoms with Gasteiger partial charge in [-0.25, -0.2) is 0 Å². The average Bonchev–Trinajstić information content (AvgIpc) is 3.68. The summed E-state index contributed by atoms with van der Waals surface area (Å²) >= 11 is 0. The number of aromatic nitrogens is 1. The molecular weight excluding hydrogens is 725 g/mol. The highest BCUT2D eigenvalue weighted by Crippen LogP contribution is 2.46. The molecular formula is C58H42N2. The number of hydrogen-bond donors (Lipinski definition) is 0. The van der Waals surface area contributed by atoms with E-state index in [1.807, 2.05) is 0 Å². The first-order chi connectivity index (χ1) is 29.8. The van der Waals surface area contributed by atoms with Crippen LogP contribution in [0.25, 0.3) is 67.2 Å². The molecule has 0 aliphatic heterocycles. The van der Waals surface area contributed by atoms with E-state index in [1.54, 1.807) is 0 Å². The van der Waals surface area contributed by atoms with Crippen molar-refractivity contribution in [2.75, 3.05) is 4.90 Å². The fourth-order valence-electron chi connectivity index (χ4n) is 9.28. The highest BCUT2D eigenvalue weighted by Gasteiger charge is 2.30. The zero-order valence-corrected chi connectivity index (χ0v) is 33.1. The van der Waals surface area contributed by atoms with E-state index < -0.39 is 0 Å². The molecule has 2 nitrogen and oxygen atoms in total. The minimum Gasteiger partial charge on any atom is -0.312 e. The van der Waals surface area contributed by atoms with Crippen LogP contribution in [0.15, 0.2) is 237 Å². The lowest BCUT2D eigenvalue weighted by atomic mass is 9.80. The monoisotopic (exact) mass is 766 g/mol. The van der Waals surface area contributed by atoms with Crippen LogP contribution < -0.4 is 4.90 Å². The lowest BCUT2D eigenvalue weighted by molar-refractivity contribution is 0.661. The molecule has 284 valence electrons. The second-order valence-corrected chi connectivity index (χ2v) is 15.7. The summed E-state index contributed by atoms with van der Waals surface area (Å²) in [4.78, 5) is 2.37. The second kappa shape index (κ2) is 15.2. The fourth-order valence-corrected chi connectivity index (χ4v) is 9.28. The molecule has 9 aromatic rings. The second-order valence-electron chi connectivity index (χ2n) is 15.7. The molecule has 0 saturated carbocycles. The number of para-hydroxylation sites is 2. The van der Waals surface area contributed by atoms with Gasteiger partial charge in [-0.15, -0.1) is 0 Å². The molecule has 0 amide bonds. The summed E-state index contributed by atoms with van der Waals surface area (Å²) in [6.45, 7) is 0. The van der Waals surface area contributed by atoms with Crippen molar-refractivity contribution < 1.29 is 0 Å². The zero-order valence-electron chi connectivity index (χ0n) is 33.1. The van der Waals surface area contributed by atoms with Gasteiger partial charge in [0.25, 0.3) is 0 Å². The Kier molecular flexibility index (Phi) is 9.02. The third-order valence-corrected chi connectivity index (χ3v) is 12.1. The van der Waals surface area contributed by atoms with Crippen LogP contribution in [-0.2, 0) is 0 Å². The number of hydrogen-bond acceptors (Lipinski definition) is 1. The first kappa shape index (κ1) is 35.5. The molecule has 1 aromatic heterocycles. The largest absolute Gasteiger partial charge is 0.312 e. The van der Waals surface area contributed by atoms with E-state index in [0.29, 0.717) is 5.92 Å². The van der Waals surface area contributed by atoms with Crippen LogP contribution >= 0.6 is 0 Å². The van der Waals surface area contributed by atoms with Gasteiger partial charge in [-0.2, -0.15) is 0 Å². The third kappa shape index (κ3) is 6.40. The number of fused-ring (bicyclic) bond motifs is 5. The minimum absolute atomic E-state index is 0.280. The quantitative estimate of drug-likeness (QED) is 0.150. The summed E-state index contributed by atoms with van der Waals surface area (Å²) < 4.78 is 2.51. The molecule has 0 N–H and O–H groups in total. The Bertz CT molecular complexity index is 3080. The Hall–Kier alpha value is -7.68. The molecule has 8 aromatic carbocycles. The van der Waals surface area contributed by atoms with Gasteiger partial charge in [0.15, 0.2) is 0 Å². The van der Waals surface area contributed by atoms with E-state index >= 15 is 0 Å². The van der Waals surface area contributed by atoms with Crippen molar-refractivity contribution in [3.05, 3.63) is 248 Å². The lowest BCUT2D eigenvalue weighted by Gasteiger charge is -2.28. The van der Waals surface area contributed by atoms with Crippen molar-refractivity contribution in [3.63, 3.8) is 0 Å². The van der Waals surface area contributed by atoms with Crippen molar-refractivity contribution in [2.24, 2.45) is 5.92 Å². The van der Waals surface area contributed by atoms with Crippen molar-refractivity contribution >= 4 is 34.0 Å². The van der Waals surface area contributed by atoms with Crippen LogP contribution in [0.4, 0.5) is 17.1 Å². The summed E-state index contributed by atoms with van der Waals surface area (Å²) in [5.41, 5.74) is 17.9. The Balaban J connectivity index is 1.02. The minimum atomic E-state index is 0.280. The van der Waals surface area contributed by atoms with Gasteiger partial charge in [0.1, 0.15) is 0 Å². The number of nitrogens with zero attached hydrogens (tertiary/aromatic N) is 2. The number of rotatable bonds is 8. The smallest absolute Gasteiger partial charge is 0.0537 e. The maximum Gasteiger partial charge on any atom is 0.0537 e. The van der Waals surface area contributed by atoms with Crippen LogP contribution in [-0.4, -0.2) is 4.57 Å². The summed E-state index contributed by atoms with van der Waals surface area (Å²) in [5, 5.41) is 1.29. The Morgan fingerprint density at radius 1 is 0.383 bits per heavy atom. The van der Waals surface area contributed by atoms with E-state index in [2.05, 4.69) is 252 Å². The van der Waals surface area contributed by atoms with Crippen LogP contribution in [0, 0.1) is 5.92 Å². The Morgan fingerprint density at radius 2 is 0.983 bits per heavy atom. The van der Waals surface area contributed by atoms with E-state index in [9.17, 15) is 0 Å². The number of allylic oxidation sites excluding steroid dienone is 5. The lowest BCUT2D eigenvalue weighted by Crippen LogP contribution is -2.16. The Morgan fingerprint density at radius 3 is 1.77 bits per heavy atom. The molecule has 0 saturated heterocycles. The topological polar surface area (TPSA) is 8.17 Å². The standard InChI is InChI=1S/C58H42N2/c1-4-16-41(17-5-1)45-21-14-22-46(38-45)42-30-33-49(34-31-42)59(48-24-8-3-9-25-48)51-35-37-52(56(40-51)43-18-6-2-7-19-43)47-23-15-26-50(39-47)60-57-29-13-12-28-54(57)55-36-32-44-20-10-11-27-53(44)58(55)60/h1-40,44,53H. The van der Waals surface area contributed by atoms with Gasteiger partial charge in [0, 0.05) is 51.2 Å². The summed E-state index contributed by atoms with van der Waals surface area (Å²) in [6.07, 6.45) is 13.8. The Labute approximate surface area is 352 Å². The van der Waals surface area contributed by atoms with Crippen LogP contribution in [0.5, 0.6) is 0 Å². The molecule has 0 radical (unpaired) electrons. The molecule has 2 heteroatoms. The predicted molar refractivity (Wildman–Crippen MR) is 253 cm³/mol. The highest BCUT2D eigenvalue weighted by atomic mass is 15.1. The van der Waals surface area contributed by atoms with Gasteiger partial charge in [-0.3, -0.25) is 0 Å². The molecule has 1 heterocycles. The first-order valence-corrected chi connectivity index (χ1v) is 20.8. The maximum absolute atomic E-state index is 2.51. The fraction of sp³-hybridized carbons (Fsp3) is 0.0345. The first-order valence-electron chi connectivity index (χ1n) is 20.8. The van der Waals surface area contributed by atoms with Crippen molar-refractivity contribution in [3.8, 4) is 50.2 Å². The molecule has 0 bridgehead atoms. The molecule has 0 fully saturated rings. The van der Waals surface area contributed by atoms with Gasteiger partial charge in [0.2, 0.25) is 0 Å². The highest BCUT2D eigenvalue weighted by molar-refractivity contribution is 5.95. The molecule has 0 spiro atoms. The molecule has 11 rings (SSSR count). The zero-order chi connectivity index (χ0) is 39.8. The van der Waals surface area contributed by atoms with Gasteiger partial charge >= 0.3 is 0 Å². The van der Waals surface area contributed by atoms with E-state index in [1.165, 1.54) is 72.4 Å². The van der Waals surface area contributed by atoms with Crippen LogP contribution in [0.3, 0.4) is 0 Å².